The van der Waals surface area contributed by atoms with Crippen molar-refractivity contribution in [2.24, 2.45) is 0 Å². The van der Waals surface area contributed by atoms with Gasteiger partial charge in [0.15, 0.2) is 5.11 Å². The molecule has 1 atom stereocenters. The zero-order valence-corrected chi connectivity index (χ0v) is 11.4. The van der Waals surface area contributed by atoms with Crippen LogP contribution in [0.15, 0.2) is 24.3 Å². The van der Waals surface area contributed by atoms with Crippen molar-refractivity contribution < 1.29 is 4.74 Å². The lowest BCUT2D eigenvalue weighted by Crippen LogP contribution is -2.39. The first-order chi connectivity index (χ1) is 8.06. The molecule has 17 heavy (non-hydrogen) atoms. The van der Waals surface area contributed by atoms with Gasteiger partial charge in [0, 0.05) is 0 Å². The molecule has 1 aliphatic rings. The smallest absolute Gasteiger partial charge is 0.172 e. The van der Waals surface area contributed by atoms with Gasteiger partial charge in [0.1, 0.15) is 16.3 Å². The van der Waals surface area contributed by atoms with Crippen LogP contribution in [-0.4, -0.2) is 16.7 Å². The predicted octanol–water partition coefficient (Wildman–Crippen LogP) is 2.11. The number of thiocarbonyl (C=S) groups is 2. The van der Waals surface area contributed by atoms with E-state index in [1.807, 2.05) is 38.1 Å². The topological polar surface area (TPSA) is 33.3 Å². The van der Waals surface area contributed by atoms with Crippen molar-refractivity contribution in [2.75, 3.05) is 6.61 Å². The van der Waals surface area contributed by atoms with E-state index in [0.29, 0.717) is 16.7 Å². The molecule has 0 bridgehead atoms. The molecule has 1 heterocycles. The van der Waals surface area contributed by atoms with Gasteiger partial charge in [0.25, 0.3) is 0 Å². The van der Waals surface area contributed by atoms with Crippen LogP contribution in [-0.2, 0) is 5.54 Å². The Balaban J connectivity index is 2.28. The summed E-state index contributed by atoms with van der Waals surface area (Å²) >= 11 is 10.4. The quantitative estimate of drug-likeness (QED) is 0.819. The average molecular weight is 266 g/mol. The maximum Gasteiger partial charge on any atom is 0.172 e. The second kappa shape index (κ2) is 4.58. The summed E-state index contributed by atoms with van der Waals surface area (Å²) in [5, 5.41) is 6.73. The molecule has 0 saturated carbocycles. The molecule has 1 aromatic rings. The molecule has 1 saturated heterocycles. The number of hydrogen-bond donors (Lipinski definition) is 2. The van der Waals surface area contributed by atoms with Crippen molar-refractivity contribution in [3.63, 3.8) is 0 Å². The van der Waals surface area contributed by atoms with E-state index in [-0.39, 0.29) is 0 Å². The molecule has 2 rings (SSSR count). The molecular weight excluding hydrogens is 252 g/mol. The average Bonchev–Trinajstić information content (AvgIpc) is 2.55. The highest BCUT2D eigenvalue weighted by molar-refractivity contribution is 7.82. The molecule has 0 aliphatic carbocycles. The highest BCUT2D eigenvalue weighted by Gasteiger charge is 2.38. The molecule has 0 amide bonds. The van der Waals surface area contributed by atoms with Gasteiger partial charge < -0.3 is 15.4 Å². The molecule has 0 spiro atoms. The summed E-state index contributed by atoms with van der Waals surface area (Å²) in [4.78, 5) is 0.701. The molecule has 2 N–H and O–H groups in total. The van der Waals surface area contributed by atoms with Crippen LogP contribution in [0.1, 0.15) is 19.4 Å². The summed E-state index contributed by atoms with van der Waals surface area (Å²) in [6.07, 6.45) is 0. The Hall–Kier alpha value is -1.20. The third-order valence-electron chi connectivity index (χ3n) is 2.79. The third-order valence-corrected chi connectivity index (χ3v) is 3.50. The van der Waals surface area contributed by atoms with Crippen molar-refractivity contribution in [3.8, 4) is 5.75 Å². The van der Waals surface area contributed by atoms with E-state index in [9.17, 15) is 0 Å². The fourth-order valence-corrected chi connectivity index (χ4v) is 2.44. The van der Waals surface area contributed by atoms with Crippen LogP contribution in [0.4, 0.5) is 0 Å². The third kappa shape index (κ3) is 2.25. The first-order valence-electron chi connectivity index (χ1n) is 5.43. The van der Waals surface area contributed by atoms with E-state index >= 15 is 0 Å². The van der Waals surface area contributed by atoms with Crippen molar-refractivity contribution in [2.45, 2.75) is 19.4 Å². The van der Waals surface area contributed by atoms with Gasteiger partial charge in [-0.2, -0.15) is 0 Å². The standard InChI is InChI=1S/C12H14N2OS2/c1-3-15-9-6-4-8(5-7-9)12(2)10(16)13-11(17)14-12/h4-7H,3H2,1-2H3,(H2,13,14,16,17). The van der Waals surface area contributed by atoms with Crippen molar-refractivity contribution in [1.82, 2.24) is 10.6 Å². The van der Waals surface area contributed by atoms with Crippen LogP contribution < -0.4 is 15.4 Å². The largest absolute Gasteiger partial charge is 0.494 e. The second-order valence-electron chi connectivity index (χ2n) is 3.99. The maximum absolute atomic E-state index is 5.41. The van der Waals surface area contributed by atoms with Gasteiger partial charge in [-0.1, -0.05) is 24.4 Å². The van der Waals surface area contributed by atoms with E-state index in [1.54, 1.807) is 0 Å². The zero-order chi connectivity index (χ0) is 12.5. The van der Waals surface area contributed by atoms with E-state index in [2.05, 4.69) is 10.6 Å². The molecule has 3 nitrogen and oxygen atoms in total. The second-order valence-corrected chi connectivity index (χ2v) is 4.81. The molecule has 1 unspecified atom stereocenters. The highest BCUT2D eigenvalue weighted by Crippen LogP contribution is 2.27. The minimum absolute atomic E-state index is 0.419. The van der Waals surface area contributed by atoms with Crippen LogP contribution in [0, 0.1) is 0 Å². The number of benzene rings is 1. The minimum atomic E-state index is -0.419. The summed E-state index contributed by atoms with van der Waals surface area (Å²) in [6, 6.07) is 7.88. The number of nitrogens with one attached hydrogen (secondary N) is 2. The Labute approximate surface area is 112 Å². The van der Waals surface area contributed by atoms with Gasteiger partial charge in [0.2, 0.25) is 0 Å². The summed E-state index contributed by atoms with van der Waals surface area (Å²) in [7, 11) is 0. The summed E-state index contributed by atoms with van der Waals surface area (Å²) in [5.74, 6) is 0.860. The van der Waals surface area contributed by atoms with Crippen molar-refractivity contribution in [1.29, 1.82) is 0 Å². The molecule has 90 valence electrons. The summed E-state index contributed by atoms with van der Waals surface area (Å²) in [6.45, 7) is 4.64. The van der Waals surface area contributed by atoms with Crippen molar-refractivity contribution in [3.05, 3.63) is 29.8 Å². The normalized spacial score (nSPS) is 23.2. The maximum atomic E-state index is 5.41. The first-order valence-corrected chi connectivity index (χ1v) is 6.25. The Morgan fingerprint density at radius 3 is 2.35 bits per heavy atom. The van der Waals surface area contributed by atoms with Gasteiger partial charge in [-0.3, -0.25) is 0 Å². The van der Waals surface area contributed by atoms with Gasteiger partial charge in [-0.05, 0) is 43.8 Å². The Morgan fingerprint density at radius 1 is 1.24 bits per heavy atom. The lowest BCUT2D eigenvalue weighted by atomic mass is 9.93. The van der Waals surface area contributed by atoms with Crippen LogP contribution in [0.5, 0.6) is 5.75 Å². The number of rotatable bonds is 3. The monoisotopic (exact) mass is 266 g/mol. The van der Waals surface area contributed by atoms with E-state index in [0.717, 1.165) is 11.3 Å². The Bertz CT molecular complexity index is 458. The number of ether oxygens (including phenoxy) is 1. The SMILES string of the molecule is CCOc1ccc(C2(C)NC(=S)NC2=S)cc1. The molecule has 1 aliphatic heterocycles. The fourth-order valence-electron chi connectivity index (χ4n) is 1.80. The summed E-state index contributed by atoms with van der Waals surface area (Å²) in [5.41, 5.74) is 0.648. The lowest BCUT2D eigenvalue weighted by molar-refractivity contribution is 0.340. The van der Waals surface area contributed by atoms with Crippen LogP contribution >= 0.6 is 24.4 Å². The van der Waals surface area contributed by atoms with Crippen LogP contribution in [0.2, 0.25) is 0 Å². The van der Waals surface area contributed by atoms with E-state index in [4.69, 9.17) is 29.2 Å². The summed E-state index contributed by atoms with van der Waals surface area (Å²) < 4.78 is 5.41. The Kier molecular flexibility index (Phi) is 3.31. The van der Waals surface area contributed by atoms with Crippen LogP contribution in [0.25, 0.3) is 0 Å². The highest BCUT2D eigenvalue weighted by atomic mass is 32.1. The van der Waals surface area contributed by atoms with Crippen LogP contribution in [0.3, 0.4) is 0 Å². The molecule has 0 aromatic heterocycles. The molecule has 0 radical (unpaired) electrons. The Morgan fingerprint density at radius 2 is 1.88 bits per heavy atom. The fraction of sp³-hybridized carbons (Fsp3) is 0.333. The van der Waals surface area contributed by atoms with Gasteiger partial charge >= 0.3 is 0 Å². The zero-order valence-electron chi connectivity index (χ0n) is 9.74. The van der Waals surface area contributed by atoms with Gasteiger partial charge in [-0.15, -0.1) is 0 Å². The lowest BCUT2D eigenvalue weighted by Gasteiger charge is -2.24. The molecule has 1 aromatic carbocycles. The van der Waals surface area contributed by atoms with Gasteiger partial charge in [-0.25, -0.2) is 0 Å². The van der Waals surface area contributed by atoms with Crippen molar-refractivity contribution >= 4 is 34.5 Å². The van der Waals surface area contributed by atoms with E-state index in [1.165, 1.54) is 0 Å². The first kappa shape index (κ1) is 12.3. The minimum Gasteiger partial charge on any atom is -0.494 e. The predicted molar refractivity (Wildman–Crippen MR) is 76.4 cm³/mol. The molecular formula is C12H14N2OS2. The van der Waals surface area contributed by atoms with Gasteiger partial charge in [0.05, 0.1) is 6.61 Å². The number of hydrogen-bond acceptors (Lipinski definition) is 3. The molecule has 5 heteroatoms. The van der Waals surface area contributed by atoms with E-state index < -0.39 is 5.54 Å². The molecule has 1 fully saturated rings.